The van der Waals surface area contributed by atoms with Crippen LogP contribution in [-0.4, -0.2) is 44.7 Å². The van der Waals surface area contributed by atoms with E-state index < -0.39 is 23.5 Å². The lowest BCUT2D eigenvalue weighted by atomic mass is 9.94. The fourth-order valence-electron chi connectivity index (χ4n) is 4.36. The van der Waals surface area contributed by atoms with Crippen LogP contribution < -0.4 is 23.8 Å². The molecule has 1 atom stereocenters. The quantitative estimate of drug-likeness (QED) is 0.210. The smallest absolute Gasteiger partial charge is 0.300 e. The molecule has 3 aromatic carbocycles. The molecule has 0 bridgehead atoms. The summed E-state index contributed by atoms with van der Waals surface area (Å²) in [7, 11) is 4.37. The van der Waals surface area contributed by atoms with E-state index >= 15 is 0 Å². The van der Waals surface area contributed by atoms with Gasteiger partial charge >= 0.3 is 0 Å². The Morgan fingerprint density at radius 3 is 2.32 bits per heavy atom. The largest absolute Gasteiger partial charge is 0.507 e. The van der Waals surface area contributed by atoms with Gasteiger partial charge in [0, 0.05) is 17.8 Å². The molecule has 1 amide bonds. The summed E-state index contributed by atoms with van der Waals surface area (Å²) < 4.78 is 21.9. The summed E-state index contributed by atoms with van der Waals surface area (Å²) in [4.78, 5) is 28.4. The maximum absolute atomic E-state index is 13.6. The number of halogens is 1. The number of carbonyl (C=O) groups excluding carboxylic acids is 2. The van der Waals surface area contributed by atoms with Crippen molar-refractivity contribution < 1.29 is 33.6 Å². The number of rotatable bonds is 9. The van der Waals surface area contributed by atoms with E-state index in [1.54, 1.807) is 48.5 Å². The zero-order valence-corrected chi connectivity index (χ0v) is 22.2. The van der Waals surface area contributed by atoms with Gasteiger partial charge in [-0.25, -0.2) is 0 Å². The van der Waals surface area contributed by atoms with Crippen molar-refractivity contribution in [2.24, 2.45) is 0 Å². The molecule has 8 nitrogen and oxygen atoms in total. The summed E-state index contributed by atoms with van der Waals surface area (Å²) in [5.74, 6) is -0.527. The molecule has 9 heteroatoms. The first kappa shape index (κ1) is 26.9. The Morgan fingerprint density at radius 1 is 0.921 bits per heavy atom. The summed E-state index contributed by atoms with van der Waals surface area (Å²) in [5, 5.41) is 11.8. The molecule has 3 aromatic rings. The van der Waals surface area contributed by atoms with Gasteiger partial charge in [0.15, 0.2) is 0 Å². The van der Waals surface area contributed by atoms with E-state index in [0.29, 0.717) is 29.4 Å². The van der Waals surface area contributed by atoms with E-state index in [1.807, 2.05) is 6.92 Å². The van der Waals surface area contributed by atoms with Gasteiger partial charge in [0.1, 0.15) is 28.8 Å². The van der Waals surface area contributed by atoms with Crippen LogP contribution in [0.4, 0.5) is 5.69 Å². The number of Topliss-reactive ketones (excluding diaryl/α,β-unsaturated/α-hetero) is 1. The second kappa shape index (κ2) is 11.5. The fourth-order valence-corrected chi connectivity index (χ4v) is 4.59. The zero-order valence-electron chi connectivity index (χ0n) is 21.5. The van der Waals surface area contributed by atoms with Crippen molar-refractivity contribution in [2.75, 3.05) is 32.8 Å². The molecule has 0 aromatic heterocycles. The normalized spacial score (nSPS) is 16.4. The third kappa shape index (κ3) is 4.99. The van der Waals surface area contributed by atoms with E-state index in [0.717, 1.165) is 6.42 Å². The van der Waals surface area contributed by atoms with Gasteiger partial charge in [-0.15, -0.1) is 0 Å². The summed E-state index contributed by atoms with van der Waals surface area (Å²) in [5.41, 5.74) is 1.03. The molecule has 4 rings (SSSR count). The van der Waals surface area contributed by atoms with E-state index in [4.69, 9.17) is 30.5 Å². The Labute approximate surface area is 225 Å². The van der Waals surface area contributed by atoms with Gasteiger partial charge in [-0.2, -0.15) is 0 Å². The van der Waals surface area contributed by atoms with Crippen molar-refractivity contribution in [1.29, 1.82) is 0 Å². The average Bonchev–Trinajstić information content (AvgIpc) is 3.21. The third-order valence-electron chi connectivity index (χ3n) is 6.15. The molecular formula is C29H28ClNO7. The summed E-state index contributed by atoms with van der Waals surface area (Å²) in [6.07, 6.45) is 0.810. The number of methoxy groups -OCH3 is 3. The Balaban J connectivity index is 1.97. The van der Waals surface area contributed by atoms with Crippen molar-refractivity contribution in [3.8, 4) is 23.0 Å². The maximum Gasteiger partial charge on any atom is 0.300 e. The molecule has 1 saturated heterocycles. The van der Waals surface area contributed by atoms with E-state index in [-0.39, 0.29) is 27.7 Å². The monoisotopic (exact) mass is 537 g/mol. The van der Waals surface area contributed by atoms with Crippen molar-refractivity contribution in [2.45, 2.75) is 19.4 Å². The first-order valence-electron chi connectivity index (χ1n) is 11.9. The second-order valence-corrected chi connectivity index (χ2v) is 8.89. The fraction of sp³-hybridized carbons (Fsp3) is 0.241. The molecule has 1 heterocycles. The lowest BCUT2D eigenvalue weighted by Gasteiger charge is -2.26. The van der Waals surface area contributed by atoms with Crippen LogP contribution in [-0.2, 0) is 9.59 Å². The SMILES string of the molecule is CCCOc1cccc(N2C(=O)C(=O)/C(=C(/O)c3cc(OC)c(Cl)cc3OC)C2c2cccc(OC)c2)c1. The topological polar surface area (TPSA) is 94.5 Å². The predicted octanol–water partition coefficient (Wildman–Crippen LogP) is 5.78. The molecule has 1 aliphatic heterocycles. The second-order valence-electron chi connectivity index (χ2n) is 8.48. The number of hydrogen-bond acceptors (Lipinski definition) is 7. The van der Waals surface area contributed by atoms with Crippen LogP contribution in [0.3, 0.4) is 0 Å². The number of anilines is 1. The summed E-state index contributed by atoms with van der Waals surface area (Å²) >= 11 is 6.25. The molecular weight excluding hydrogens is 510 g/mol. The molecule has 38 heavy (non-hydrogen) atoms. The van der Waals surface area contributed by atoms with Crippen LogP contribution in [0.2, 0.25) is 5.02 Å². The van der Waals surface area contributed by atoms with Gasteiger partial charge in [0.25, 0.3) is 11.7 Å². The number of aliphatic hydroxyl groups is 1. The summed E-state index contributed by atoms with van der Waals surface area (Å²) in [6, 6.07) is 15.9. The standard InChI is InChI=1S/C29H28ClNO7/c1-5-12-38-20-11-7-9-18(14-20)31-26(17-8-6-10-19(13-17)35-2)25(28(33)29(31)34)27(32)21-15-24(37-4)22(30)16-23(21)36-3/h6-11,13-16,26,32H,5,12H2,1-4H3/b27-25+. The minimum absolute atomic E-state index is 0.120. The highest BCUT2D eigenvalue weighted by atomic mass is 35.5. The molecule has 1 fully saturated rings. The molecule has 1 aliphatic rings. The highest BCUT2D eigenvalue weighted by Crippen LogP contribution is 2.45. The number of carbonyl (C=O) groups is 2. The average molecular weight is 538 g/mol. The number of amides is 1. The third-order valence-corrected chi connectivity index (χ3v) is 6.45. The molecule has 0 radical (unpaired) electrons. The number of benzene rings is 3. The Bertz CT molecular complexity index is 1400. The van der Waals surface area contributed by atoms with Crippen LogP contribution >= 0.6 is 11.6 Å². The molecule has 0 aliphatic carbocycles. The minimum atomic E-state index is -0.974. The van der Waals surface area contributed by atoms with E-state index in [9.17, 15) is 14.7 Å². The molecule has 1 unspecified atom stereocenters. The van der Waals surface area contributed by atoms with Gasteiger partial charge in [-0.3, -0.25) is 14.5 Å². The highest BCUT2D eigenvalue weighted by Gasteiger charge is 2.47. The van der Waals surface area contributed by atoms with Crippen molar-refractivity contribution in [1.82, 2.24) is 0 Å². The number of nitrogens with zero attached hydrogens (tertiary/aromatic N) is 1. The number of aliphatic hydroxyl groups excluding tert-OH is 1. The van der Waals surface area contributed by atoms with Crippen LogP contribution in [0.15, 0.2) is 66.2 Å². The zero-order chi connectivity index (χ0) is 27.4. The van der Waals surface area contributed by atoms with Gasteiger partial charge in [-0.1, -0.05) is 36.7 Å². The number of ether oxygens (including phenoxy) is 4. The minimum Gasteiger partial charge on any atom is -0.507 e. The van der Waals surface area contributed by atoms with Gasteiger partial charge in [0.2, 0.25) is 0 Å². The number of hydrogen-bond donors (Lipinski definition) is 1. The van der Waals surface area contributed by atoms with Crippen LogP contribution in [0.25, 0.3) is 5.76 Å². The van der Waals surface area contributed by atoms with Gasteiger partial charge < -0.3 is 24.1 Å². The summed E-state index contributed by atoms with van der Waals surface area (Å²) in [6.45, 7) is 2.49. The van der Waals surface area contributed by atoms with Crippen LogP contribution in [0, 0.1) is 0 Å². The molecule has 0 saturated carbocycles. The maximum atomic E-state index is 13.6. The lowest BCUT2D eigenvalue weighted by Crippen LogP contribution is -2.29. The predicted molar refractivity (Wildman–Crippen MR) is 145 cm³/mol. The highest BCUT2D eigenvalue weighted by molar-refractivity contribution is 6.51. The number of ketones is 1. The molecule has 198 valence electrons. The Morgan fingerprint density at radius 2 is 1.63 bits per heavy atom. The van der Waals surface area contributed by atoms with Crippen LogP contribution in [0.1, 0.15) is 30.5 Å². The first-order valence-corrected chi connectivity index (χ1v) is 12.3. The van der Waals surface area contributed by atoms with E-state index in [2.05, 4.69) is 0 Å². The van der Waals surface area contributed by atoms with Crippen LogP contribution in [0.5, 0.6) is 23.0 Å². The Hall–Kier alpha value is -4.17. The van der Waals surface area contributed by atoms with E-state index in [1.165, 1.54) is 38.4 Å². The first-order chi connectivity index (χ1) is 18.3. The molecule has 1 N–H and O–H groups in total. The van der Waals surface area contributed by atoms with Crippen molar-refractivity contribution in [3.63, 3.8) is 0 Å². The van der Waals surface area contributed by atoms with Gasteiger partial charge in [0.05, 0.1) is 50.1 Å². The van der Waals surface area contributed by atoms with Crippen molar-refractivity contribution in [3.05, 3.63) is 82.4 Å². The lowest BCUT2D eigenvalue weighted by molar-refractivity contribution is -0.132. The van der Waals surface area contributed by atoms with Crippen molar-refractivity contribution >= 4 is 34.7 Å². The Kier molecular flexibility index (Phi) is 8.12. The van der Waals surface area contributed by atoms with Gasteiger partial charge in [-0.05, 0) is 42.3 Å². The molecule has 0 spiro atoms.